The predicted octanol–water partition coefficient (Wildman–Crippen LogP) is 3.20. The first-order valence-electron chi connectivity index (χ1n) is 6.79. The van der Waals surface area contributed by atoms with Gasteiger partial charge in [-0.3, -0.25) is 4.79 Å². The minimum atomic E-state index is -3.63. The number of rotatable bonds is 4. The molecular formula is C15H15Cl2N3O3S. The number of hydrogen-bond donors (Lipinski definition) is 1. The van der Waals surface area contributed by atoms with Crippen molar-refractivity contribution in [2.24, 2.45) is 0 Å². The van der Waals surface area contributed by atoms with Gasteiger partial charge in [0.05, 0.1) is 9.92 Å². The lowest BCUT2D eigenvalue weighted by Gasteiger charge is -2.15. The second-order valence-corrected chi connectivity index (χ2v) is 8.10. The van der Waals surface area contributed by atoms with Gasteiger partial charge in [-0.1, -0.05) is 29.3 Å². The van der Waals surface area contributed by atoms with Crippen LogP contribution in [0.1, 0.15) is 16.1 Å². The Morgan fingerprint density at radius 3 is 2.46 bits per heavy atom. The molecule has 2 aromatic rings. The standard InChI is InChI=1S/C15H15Cl2N3O3S/c1-9-4-5-10(8-12(9)24(22,23)20(2)3)18-15(21)14-11(16)6-7-13(17)19-14/h4-8H,1-3H3,(H,18,21). The zero-order chi connectivity index (χ0) is 18.1. The fraction of sp³-hybridized carbons (Fsp3) is 0.200. The van der Waals surface area contributed by atoms with Crippen molar-refractivity contribution in [1.82, 2.24) is 9.29 Å². The molecule has 0 aliphatic heterocycles. The summed E-state index contributed by atoms with van der Waals surface area (Å²) < 4.78 is 25.8. The molecule has 9 heteroatoms. The maximum absolute atomic E-state index is 12.3. The van der Waals surface area contributed by atoms with Gasteiger partial charge in [0.25, 0.3) is 5.91 Å². The Bertz CT molecular complexity index is 899. The molecule has 0 saturated heterocycles. The van der Waals surface area contributed by atoms with E-state index in [0.29, 0.717) is 11.3 Å². The molecule has 0 aliphatic rings. The number of nitrogens with zero attached hydrogens (tertiary/aromatic N) is 2. The van der Waals surface area contributed by atoms with Crippen LogP contribution in [0, 0.1) is 6.92 Å². The quantitative estimate of drug-likeness (QED) is 0.816. The van der Waals surface area contributed by atoms with Crippen LogP contribution in [-0.2, 0) is 10.0 Å². The number of aromatic nitrogens is 1. The number of anilines is 1. The molecule has 1 aromatic heterocycles. The van der Waals surface area contributed by atoms with Crippen molar-refractivity contribution >= 4 is 44.8 Å². The van der Waals surface area contributed by atoms with E-state index >= 15 is 0 Å². The fourth-order valence-electron chi connectivity index (χ4n) is 1.92. The third kappa shape index (κ3) is 3.87. The Morgan fingerprint density at radius 1 is 1.17 bits per heavy atom. The molecule has 24 heavy (non-hydrogen) atoms. The number of sulfonamides is 1. The van der Waals surface area contributed by atoms with Crippen LogP contribution in [-0.4, -0.2) is 37.7 Å². The minimum Gasteiger partial charge on any atom is -0.321 e. The summed E-state index contributed by atoms with van der Waals surface area (Å²) in [6, 6.07) is 7.53. The molecule has 6 nitrogen and oxygen atoms in total. The highest BCUT2D eigenvalue weighted by molar-refractivity contribution is 7.89. The molecule has 0 saturated carbocycles. The summed E-state index contributed by atoms with van der Waals surface area (Å²) in [5, 5.41) is 2.85. The Kier molecular flexibility index (Phi) is 5.49. The maximum Gasteiger partial charge on any atom is 0.275 e. The lowest BCUT2D eigenvalue weighted by atomic mass is 10.2. The average Bonchev–Trinajstić information content (AvgIpc) is 2.51. The van der Waals surface area contributed by atoms with E-state index in [9.17, 15) is 13.2 Å². The molecule has 0 unspecified atom stereocenters. The zero-order valence-corrected chi connectivity index (χ0v) is 15.5. The van der Waals surface area contributed by atoms with Crippen molar-refractivity contribution < 1.29 is 13.2 Å². The number of carbonyl (C=O) groups excluding carboxylic acids is 1. The Hall–Kier alpha value is -1.67. The van der Waals surface area contributed by atoms with Gasteiger partial charge in [-0.2, -0.15) is 0 Å². The number of benzene rings is 1. The summed E-state index contributed by atoms with van der Waals surface area (Å²) in [5.41, 5.74) is 0.839. The number of halogens is 2. The second kappa shape index (κ2) is 7.06. The number of pyridine rings is 1. The summed E-state index contributed by atoms with van der Waals surface area (Å²) in [6.45, 7) is 1.68. The molecule has 0 atom stereocenters. The van der Waals surface area contributed by atoms with Gasteiger partial charge in [-0.05, 0) is 36.8 Å². The summed E-state index contributed by atoms with van der Waals surface area (Å²) in [5.74, 6) is -0.584. The molecule has 1 amide bonds. The van der Waals surface area contributed by atoms with Crippen LogP contribution in [0.5, 0.6) is 0 Å². The third-order valence-corrected chi connectivity index (χ3v) is 5.70. The van der Waals surface area contributed by atoms with Gasteiger partial charge in [0.15, 0.2) is 0 Å². The van der Waals surface area contributed by atoms with Crippen molar-refractivity contribution in [1.29, 1.82) is 0 Å². The first-order valence-corrected chi connectivity index (χ1v) is 8.99. The largest absolute Gasteiger partial charge is 0.321 e. The van der Waals surface area contributed by atoms with Crippen molar-refractivity contribution in [3.05, 3.63) is 51.8 Å². The fourth-order valence-corrected chi connectivity index (χ4v) is 3.40. The summed E-state index contributed by atoms with van der Waals surface area (Å²) in [4.78, 5) is 16.3. The van der Waals surface area contributed by atoms with Crippen LogP contribution < -0.4 is 5.32 Å². The molecule has 1 aromatic carbocycles. The van der Waals surface area contributed by atoms with E-state index in [4.69, 9.17) is 23.2 Å². The molecule has 1 heterocycles. The Balaban J connectivity index is 2.38. The minimum absolute atomic E-state index is 0.0400. The average molecular weight is 388 g/mol. The molecule has 0 spiro atoms. The van der Waals surface area contributed by atoms with E-state index in [2.05, 4.69) is 10.3 Å². The lowest BCUT2D eigenvalue weighted by Crippen LogP contribution is -2.23. The van der Waals surface area contributed by atoms with Crippen molar-refractivity contribution in [3.63, 3.8) is 0 Å². The number of amides is 1. The van der Waals surface area contributed by atoms with Crippen LogP contribution in [0.15, 0.2) is 35.2 Å². The van der Waals surface area contributed by atoms with Crippen molar-refractivity contribution in [2.45, 2.75) is 11.8 Å². The highest BCUT2D eigenvalue weighted by atomic mass is 35.5. The topological polar surface area (TPSA) is 79.4 Å². The van der Waals surface area contributed by atoms with E-state index < -0.39 is 15.9 Å². The SMILES string of the molecule is Cc1ccc(NC(=O)c2nc(Cl)ccc2Cl)cc1S(=O)(=O)N(C)C. The lowest BCUT2D eigenvalue weighted by molar-refractivity contribution is 0.102. The first kappa shape index (κ1) is 18.7. The van der Waals surface area contributed by atoms with Gasteiger partial charge < -0.3 is 5.32 Å². The van der Waals surface area contributed by atoms with Crippen LogP contribution >= 0.6 is 23.2 Å². The summed E-state index contributed by atoms with van der Waals surface area (Å²) >= 11 is 11.7. The van der Waals surface area contributed by atoms with E-state index in [-0.39, 0.29) is 20.8 Å². The van der Waals surface area contributed by atoms with Crippen LogP contribution in [0.2, 0.25) is 10.2 Å². The van der Waals surface area contributed by atoms with Crippen LogP contribution in [0.4, 0.5) is 5.69 Å². The van der Waals surface area contributed by atoms with Crippen molar-refractivity contribution in [3.8, 4) is 0 Å². The van der Waals surface area contributed by atoms with E-state index in [1.807, 2.05) is 0 Å². The summed E-state index contributed by atoms with van der Waals surface area (Å²) in [7, 11) is -0.746. The molecule has 0 fully saturated rings. The second-order valence-electron chi connectivity index (χ2n) is 5.19. The molecule has 2 rings (SSSR count). The van der Waals surface area contributed by atoms with Gasteiger partial charge in [0.2, 0.25) is 10.0 Å². The molecular weight excluding hydrogens is 373 g/mol. The number of hydrogen-bond acceptors (Lipinski definition) is 4. The number of aryl methyl sites for hydroxylation is 1. The van der Waals surface area contributed by atoms with Gasteiger partial charge in [0, 0.05) is 19.8 Å². The highest BCUT2D eigenvalue weighted by Crippen LogP contribution is 2.24. The normalized spacial score (nSPS) is 11.6. The van der Waals surface area contributed by atoms with Gasteiger partial charge in [-0.15, -0.1) is 0 Å². The van der Waals surface area contributed by atoms with Gasteiger partial charge in [-0.25, -0.2) is 17.7 Å². The predicted molar refractivity (Wildman–Crippen MR) is 94.3 cm³/mol. The van der Waals surface area contributed by atoms with Crippen molar-refractivity contribution in [2.75, 3.05) is 19.4 Å². The Labute approximate surface area is 150 Å². The molecule has 0 aliphatic carbocycles. The highest BCUT2D eigenvalue weighted by Gasteiger charge is 2.21. The molecule has 0 bridgehead atoms. The maximum atomic E-state index is 12.3. The molecule has 128 valence electrons. The molecule has 1 N–H and O–H groups in total. The van der Waals surface area contributed by atoms with Crippen LogP contribution in [0.3, 0.4) is 0 Å². The van der Waals surface area contributed by atoms with E-state index in [0.717, 1.165) is 4.31 Å². The number of carbonyl (C=O) groups is 1. The number of nitrogens with one attached hydrogen (secondary N) is 1. The zero-order valence-electron chi connectivity index (χ0n) is 13.2. The first-order chi connectivity index (χ1) is 11.1. The Morgan fingerprint density at radius 2 is 1.83 bits per heavy atom. The summed E-state index contributed by atoms with van der Waals surface area (Å²) in [6.07, 6.45) is 0. The van der Waals surface area contributed by atoms with E-state index in [1.165, 1.54) is 32.3 Å². The monoisotopic (exact) mass is 387 g/mol. The van der Waals surface area contributed by atoms with Gasteiger partial charge in [0.1, 0.15) is 10.8 Å². The van der Waals surface area contributed by atoms with E-state index in [1.54, 1.807) is 19.1 Å². The van der Waals surface area contributed by atoms with Crippen LogP contribution in [0.25, 0.3) is 0 Å². The third-order valence-electron chi connectivity index (χ3n) is 3.23. The smallest absolute Gasteiger partial charge is 0.275 e. The molecule has 0 radical (unpaired) electrons. The van der Waals surface area contributed by atoms with Gasteiger partial charge >= 0.3 is 0 Å².